The number of anilines is 1. The molecular formula is C16H22N2O4S. The van der Waals surface area contributed by atoms with E-state index in [1.165, 1.54) is 13.2 Å². The summed E-state index contributed by atoms with van der Waals surface area (Å²) in [6.45, 7) is 1.15. The maximum Gasteiger partial charge on any atom is 0.330 e. The SMILES string of the molecule is COC(=O)C=Cc1ccccc1N1CC2(CC(N)CS2(O)O)C1. The molecule has 0 saturated carbocycles. The predicted molar refractivity (Wildman–Crippen MR) is 92.7 cm³/mol. The third kappa shape index (κ3) is 2.85. The Kier molecular flexibility index (Phi) is 4.14. The number of benzene rings is 1. The fraction of sp³-hybridized carbons (Fsp3) is 0.438. The zero-order chi connectivity index (χ0) is 16.7. The Labute approximate surface area is 137 Å². The Morgan fingerprint density at radius 2 is 2.13 bits per heavy atom. The van der Waals surface area contributed by atoms with Gasteiger partial charge in [-0.15, -0.1) is 0 Å². The number of nitrogens with two attached hydrogens (primary N) is 1. The number of hydrogen-bond donors (Lipinski definition) is 3. The fourth-order valence-electron chi connectivity index (χ4n) is 3.44. The highest BCUT2D eigenvalue weighted by molar-refractivity contribution is 8.25. The lowest BCUT2D eigenvalue weighted by Gasteiger charge is -2.57. The molecule has 2 aliphatic heterocycles. The normalized spacial score (nSPS) is 26.3. The number of ether oxygens (including phenoxy) is 1. The number of hydrogen-bond acceptors (Lipinski definition) is 6. The Hall–Kier alpha value is -1.54. The van der Waals surface area contributed by atoms with E-state index in [1.54, 1.807) is 6.08 Å². The van der Waals surface area contributed by atoms with Crippen molar-refractivity contribution >= 4 is 28.3 Å². The monoisotopic (exact) mass is 338 g/mol. The number of carbonyl (C=O) groups is 1. The first-order chi connectivity index (χ1) is 10.9. The fourth-order valence-corrected chi connectivity index (χ4v) is 5.72. The van der Waals surface area contributed by atoms with Gasteiger partial charge in [-0.1, -0.05) is 18.2 Å². The first kappa shape index (κ1) is 16.3. The van der Waals surface area contributed by atoms with Gasteiger partial charge in [-0.25, -0.2) is 4.79 Å². The van der Waals surface area contributed by atoms with Gasteiger partial charge in [0, 0.05) is 30.9 Å². The van der Waals surface area contributed by atoms with Crippen molar-refractivity contribution in [2.75, 3.05) is 30.9 Å². The molecule has 1 aromatic rings. The Balaban J connectivity index is 1.78. The van der Waals surface area contributed by atoms with Crippen LogP contribution in [0.5, 0.6) is 0 Å². The number of carbonyl (C=O) groups excluding carboxylic acids is 1. The molecule has 1 aromatic carbocycles. The van der Waals surface area contributed by atoms with Crippen molar-refractivity contribution in [2.24, 2.45) is 5.73 Å². The van der Waals surface area contributed by atoms with Gasteiger partial charge in [-0.05, 0) is 24.1 Å². The molecule has 2 heterocycles. The number of rotatable bonds is 3. The molecule has 0 aromatic heterocycles. The third-order valence-electron chi connectivity index (χ3n) is 4.61. The highest BCUT2D eigenvalue weighted by atomic mass is 32.3. The van der Waals surface area contributed by atoms with Crippen LogP contribution in [0.1, 0.15) is 12.0 Å². The van der Waals surface area contributed by atoms with E-state index < -0.39 is 21.3 Å². The van der Waals surface area contributed by atoms with Crippen molar-refractivity contribution in [3.8, 4) is 0 Å². The van der Waals surface area contributed by atoms with Crippen molar-refractivity contribution < 1.29 is 18.6 Å². The van der Waals surface area contributed by atoms with Crippen molar-refractivity contribution in [3.05, 3.63) is 35.9 Å². The molecule has 2 aliphatic rings. The van der Waals surface area contributed by atoms with Crippen LogP contribution in [-0.4, -0.2) is 51.8 Å². The van der Waals surface area contributed by atoms with Gasteiger partial charge in [0.05, 0.1) is 17.6 Å². The second-order valence-electron chi connectivity index (χ2n) is 6.25. The van der Waals surface area contributed by atoms with E-state index in [4.69, 9.17) is 5.73 Å². The van der Waals surface area contributed by atoms with Crippen LogP contribution in [-0.2, 0) is 9.53 Å². The van der Waals surface area contributed by atoms with Crippen LogP contribution in [0.4, 0.5) is 5.69 Å². The maximum absolute atomic E-state index is 11.3. The summed E-state index contributed by atoms with van der Waals surface area (Å²) in [5, 5.41) is 0. The molecule has 4 N–H and O–H groups in total. The summed E-state index contributed by atoms with van der Waals surface area (Å²) >= 11 is 0. The summed E-state index contributed by atoms with van der Waals surface area (Å²) in [4.78, 5) is 13.4. The Bertz CT molecular complexity index is 641. The molecule has 0 bridgehead atoms. The van der Waals surface area contributed by atoms with Gasteiger partial charge >= 0.3 is 5.97 Å². The van der Waals surface area contributed by atoms with E-state index in [0.29, 0.717) is 25.3 Å². The molecule has 3 rings (SSSR count). The largest absolute Gasteiger partial charge is 0.466 e. The lowest BCUT2D eigenvalue weighted by atomic mass is 9.91. The Morgan fingerprint density at radius 3 is 2.74 bits per heavy atom. The van der Waals surface area contributed by atoms with Crippen molar-refractivity contribution in [1.29, 1.82) is 0 Å². The highest BCUT2D eigenvalue weighted by Gasteiger charge is 2.58. The van der Waals surface area contributed by atoms with Crippen LogP contribution < -0.4 is 10.6 Å². The number of esters is 1. The summed E-state index contributed by atoms with van der Waals surface area (Å²) in [6.07, 6.45) is 3.74. The van der Waals surface area contributed by atoms with Crippen LogP contribution in [0.15, 0.2) is 30.3 Å². The van der Waals surface area contributed by atoms with Crippen LogP contribution in [0.3, 0.4) is 0 Å². The molecule has 2 saturated heterocycles. The van der Waals surface area contributed by atoms with Gasteiger partial charge in [0.15, 0.2) is 0 Å². The minimum absolute atomic E-state index is 0.142. The molecular weight excluding hydrogens is 316 g/mol. The van der Waals surface area contributed by atoms with Crippen LogP contribution in [0.25, 0.3) is 6.08 Å². The third-order valence-corrected chi connectivity index (χ3v) is 7.31. The summed E-state index contributed by atoms with van der Waals surface area (Å²) in [6, 6.07) is 7.56. The van der Waals surface area contributed by atoms with Gasteiger partial charge < -0.3 is 15.4 Å². The smallest absolute Gasteiger partial charge is 0.330 e. The second kappa shape index (κ2) is 5.83. The van der Waals surface area contributed by atoms with E-state index in [2.05, 4.69) is 9.64 Å². The van der Waals surface area contributed by atoms with Crippen LogP contribution in [0.2, 0.25) is 0 Å². The average Bonchev–Trinajstić information content (AvgIpc) is 2.72. The molecule has 1 atom stereocenters. The molecule has 1 spiro atoms. The van der Waals surface area contributed by atoms with Gasteiger partial charge in [0.1, 0.15) is 0 Å². The minimum Gasteiger partial charge on any atom is -0.466 e. The standard InChI is InChI=1S/C16H22N2O4S/c1-22-15(19)7-6-12-4-2-3-5-14(12)18-10-16(11-18)8-13(17)9-23(16,20)21/h2-7,13,20-21H,8-11,17H2,1H3. The van der Waals surface area contributed by atoms with Crippen molar-refractivity contribution in [2.45, 2.75) is 17.2 Å². The van der Waals surface area contributed by atoms with Crippen molar-refractivity contribution in [1.82, 2.24) is 0 Å². The Morgan fingerprint density at radius 1 is 1.43 bits per heavy atom. The number of methoxy groups -OCH3 is 1. The lowest BCUT2D eigenvalue weighted by Crippen LogP contribution is -2.63. The van der Waals surface area contributed by atoms with Crippen LogP contribution >= 0.6 is 10.6 Å². The summed E-state index contributed by atoms with van der Waals surface area (Å²) in [5.41, 5.74) is 7.79. The molecule has 126 valence electrons. The highest BCUT2D eigenvalue weighted by Crippen LogP contribution is 2.63. The lowest BCUT2D eigenvalue weighted by molar-refractivity contribution is -0.134. The summed E-state index contributed by atoms with van der Waals surface area (Å²) < 4.78 is 24.8. The average molecular weight is 338 g/mol. The van der Waals surface area contributed by atoms with Crippen LogP contribution in [0, 0.1) is 0 Å². The predicted octanol–water partition coefficient (Wildman–Crippen LogP) is 1.91. The molecule has 7 heteroatoms. The van der Waals surface area contributed by atoms with E-state index in [0.717, 1.165) is 11.3 Å². The summed E-state index contributed by atoms with van der Waals surface area (Å²) in [7, 11) is -1.30. The van der Waals surface area contributed by atoms with Crippen molar-refractivity contribution in [3.63, 3.8) is 0 Å². The molecule has 2 fully saturated rings. The van der Waals surface area contributed by atoms with Gasteiger partial charge in [-0.2, -0.15) is 10.6 Å². The first-order valence-electron chi connectivity index (χ1n) is 7.48. The van der Waals surface area contributed by atoms with E-state index >= 15 is 0 Å². The molecule has 0 radical (unpaired) electrons. The second-order valence-corrected chi connectivity index (χ2v) is 8.78. The quantitative estimate of drug-likeness (QED) is 0.575. The van der Waals surface area contributed by atoms with Gasteiger partial charge in [0.25, 0.3) is 0 Å². The number of para-hydroxylation sites is 1. The topological polar surface area (TPSA) is 96.0 Å². The summed E-state index contributed by atoms with van der Waals surface area (Å²) in [5.74, 6) is -0.110. The van der Waals surface area contributed by atoms with E-state index in [9.17, 15) is 13.9 Å². The molecule has 6 nitrogen and oxygen atoms in total. The van der Waals surface area contributed by atoms with Gasteiger partial charge in [0.2, 0.25) is 0 Å². The molecule has 1 unspecified atom stereocenters. The van der Waals surface area contributed by atoms with Gasteiger partial charge in [-0.3, -0.25) is 9.11 Å². The first-order valence-corrected chi connectivity index (χ1v) is 9.19. The maximum atomic E-state index is 11.3. The minimum atomic E-state index is -2.64. The molecule has 0 amide bonds. The molecule has 0 aliphatic carbocycles. The molecule has 23 heavy (non-hydrogen) atoms. The zero-order valence-corrected chi connectivity index (χ0v) is 13.8. The van der Waals surface area contributed by atoms with E-state index in [1.807, 2.05) is 24.3 Å². The zero-order valence-electron chi connectivity index (χ0n) is 13.0. The number of nitrogens with zero attached hydrogens (tertiary/aromatic N) is 1. The van der Waals surface area contributed by atoms with E-state index in [-0.39, 0.29) is 6.04 Å².